The summed E-state index contributed by atoms with van der Waals surface area (Å²) < 4.78 is 5.39. The lowest BCUT2D eigenvalue weighted by molar-refractivity contribution is 0.0136. The molecule has 0 aromatic rings. The first-order valence-corrected chi connectivity index (χ1v) is 6.99. The first kappa shape index (κ1) is 15.4. The van der Waals surface area contributed by atoms with Crippen LogP contribution in [0.15, 0.2) is 12.2 Å². The molecule has 0 radical (unpaired) electrons. The van der Waals surface area contributed by atoms with Crippen LogP contribution >= 0.6 is 11.6 Å². The van der Waals surface area contributed by atoms with Crippen molar-refractivity contribution in [2.24, 2.45) is 11.8 Å². The lowest BCUT2D eigenvalue weighted by Gasteiger charge is -2.38. The van der Waals surface area contributed by atoms with Gasteiger partial charge in [0.1, 0.15) is 5.60 Å². The van der Waals surface area contributed by atoms with Crippen molar-refractivity contribution in [2.45, 2.75) is 39.7 Å². The number of hydrogen-bond acceptors (Lipinski definition) is 2. The zero-order chi connectivity index (χ0) is 13.9. The van der Waals surface area contributed by atoms with Gasteiger partial charge in [0.05, 0.1) is 0 Å². The predicted molar refractivity (Wildman–Crippen MR) is 74.9 cm³/mol. The van der Waals surface area contributed by atoms with Crippen LogP contribution in [0.5, 0.6) is 0 Å². The summed E-state index contributed by atoms with van der Waals surface area (Å²) in [4.78, 5) is 13.7. The van der Waals surface area contributed by atoms with Crippen LogP contribution in [0, 0.1) is 11.8 Å². The van der Waals surface area contributed by atoms with E-state index in [1.54, 1.807) is 4.90 Å². The molecule has 4 heteroatoms. The van der Waals surface area contributed by atoms with Crippen molar-refractivity contribution in [2.75, 3.05) is 19.0 Å². The van der Waals surface area contributed by atoms with Crippen molar-refractivity contribution in [1.82, 2.24) is 4.90 Å². The molecule has 104 valence electrons. The number of halogens is 1. The van der Waals surface area contributed by atoms with Gasteiger partial charge in [-0.15, -0.1) is 11.6 Å². The van der Waals surface area contributed by atoms with E-state index in [-0.39, 0.29) is 6.09 Å². The minimum absolute atomic E-state index is 0.218. The molecule has 0 aliphatic carbocycles. The van der Waals surface area contributed by atoms with E-state index in [4.69, 9.17) is 16.3 Å². The first-order chi connectivity index (χ1) is 8.24. The van der Waals surface area contributed by atoms with Gasteiger partial charge in [0.25, 0.3) is 0 Å². The van der Waals surface area contributed by atoms with E-state index in [9.17, 15) is 4.79 Å². The maximum atomic E-state index is 12.0. The van der Waals surface area contributed by atoms with Crippen molar-refractivity contribution in [3.05, 3.63) is 12.2 Å². The van der Waals surface area contributed by atoms with Gasteiger partial charge in [-0.1, -0.05) is 19.1 Å². The fourth-order valence-electron chi connectivity index (χ4n) is 2.34. The van der Waals surface area contributed by atoms with Gasteiger partial charge in [0, 0.05) is 19.0 Å². The number of ether oxygens (including phenoxy) is 1. The predicted octanol–water partition coefficient (Wildman–Crippen LogP) is 3.67. The monoisotopic (exact) mass is 273 g/mol. The Hall–Kier alpha value is -0.700. The standard InChI is InChI=1S/C14H24ClNO2/c1-10(8-15)12-6-7-16(9-11(12)2)13(17)18-14(3,4)5/h11-12H,1,6-9H2,2-5H3. The molecule has 1 aliphatic rings. The Morgan fingerprint density at radius 2 is 2.11 bits per heavy atom. The molecule has 3 nitrogen and oxygen atoms in total. The van der Waals surface area contributed by atoms with Crippen LogP contribution in [0.25, 0.3) is 0 Å². The minimum atomic E-state index is -0.434. The van der Waals surface area contributed by atoms with Crippen molar-refractivity contribution >= 4 is 17.7 Å². The summed E-state index contributed by atoms with van der Waals surface area (Å²) >= 11 is 5.83. The van der Waals surface area contributed by atoms with Crippen LogP contribution in [-0.4, -0.2) is 35.6 Å². The third-order valence-corrected chi connectivity index (χ3v) is 3.60. The Balaban J connectivity index is 2.55. The maximum absolute atomic E-state index is 12.0. The molecule has 0 bridgehead atoms. The van der Waals surface area contributed by atoms with Gasteiger partial charge in [0.15, 0.2) is 0 Å². The largest absolute Gasteiger partial charge is 0.444 e. The highest BCUT2D eigenvalue weighted by atomic mass is 35.5. The van der Waals surface area contributed by atoms with Gasteiger partial charge < -0.3 is 9.64 Å². The summed E-state index contributed by atoms with van der Waals surface area (Å²) in [7, 11) is 0. The van der Waals surface area contributed by atoms with Crippen LogP contribution in [-0.2, 0) is 4.74 Å². The number of carbonyl (C=O) groups is 1. The van der Waals surface area contributed by atoms with Crippen LogP contribution in [0.2, 0.25) is 0 Å². The summed E-state index contributed by atoms with van der Waals surface area (Å²) in [6, 6.07) is 0. The van der Waals surface area contributed by atoms with Gasteiger partial charge in [0.2, 0.25) is 0 Å². The lowest BCUT2D eigenvalue weighted by atomic mass is 9.82. The Bertz CT molecular complexity index is 322. The van der Waals surface area contributed by atoms with E-state index in [0.717, 1.165) is 25.1 Å². The molecule has 18 heavy (non-hydrogen) atoms. The van der Waals surface area contributed by atoms with Crippen LogP contribution in [0.1, 0.15) is 34.1 Å². The van der Waals surface area contributed by atoms with E-state index < -0.39 is 5.60 Å². The summed E-state index contributed by atoms with van der Waals surface area (Å²) in [5.74, 6) is 1.31. The topological polar surface area (TPSA) is 29.5 Å². The number of hydrogen-bond donors (Lipinski definition) is 0. The molecule has 1 rings (SSSR count). The Kier molecular flexibility index (Phi) is 5.09. The highest BCUT2D eigenvalue weighted by Gasteiger charge is 2.31. The van der Waals surface area contributed by atoms with Crippen molar-refractivity contribution in [1.29, 1.82) is 0 Å². The van der Waals surface area contributed by atoms with E-state index >= 15 is 0 Å². The molecule has 1 heterocycles. The highest BCUT2D eigenvalue weighted by molar-refractivity contribution is 6.19. The molecule has 1 aliphatic heterocycles. The Labute approximate surface area is 115 Å². The molecule has 0 N–H and O–H groups in total. The van der Waals surface area contributed by atoms with Gasteiger partial charge in [-0.3, -0.25) is 0 Å². The number of alkyl halides is 1. The van der Waals surface area contributed by atoms with Gasteiger partial charge in [-0.05, 0) is 39.0 Å². The molecular formula is C14H24ClNO2. The summed E-state index contributed by atoms with van der Waals surface area (Å²) in [5.41, 5.74) is 0.643. The molecule has 0 saturated carbocycles. The van der Waals surface area contributed by atoms with Crippen LogP contribution in [0.4, 0.5) is 4.79 Å². The van der Waals surface area contributed by atoms with Crippen LogP contribution < -0.4 is 0 Å². The smallest absolute Gasteiger partial charge is 0.410 e. The van der Waals surface area contributed by atoms with Crippen molar-refractivity contribution in [3.8, 4) is 0 Å². The quantitative estimate of drug-likeness (QED) is 0.567. The molecule has 0 aromatic heterocycles. The van der Waals surface area contributed by atoms with Gasteiger partial charge in [-0.2, -0.15) is 0 Å². The molecule has 1 amide bonds. The summed E-state index contributed by atoms with van der Waals surface area (Å²) in [6.45, 7) is 13.2. The number of allylic oxidation sites excluding steroid dienone is 1. The third kappa shape index (κ3) is 4.20. The van der Waals surface area contributed by atoms with E-state index in [0.29, 0.717) is 17.7 Å². The second-order valence-corrected chi connectivity index (χ2v) is 6.36. The van der Waals surface area contributed by atoms with E-state index in [1.807, 2.05) is 20.8 Å². The Morgan fingerprint density at radius 3 is 2.56 bits per heavy atom. The second-order valence-electron chi connectivity index (χ2n) is 6.09. The minimum Gasteiger partial charge on any atom is -0.444 e. The van der Waals surface area contributed by atoms with Gasteiger partial charge >= 0.3 is 6.09 Å². The summed E-state index contributed by atoms with van der Waals surface area (Å²) in [6.07, 6.45) is 0.704. The van der Waals surface area contributed by atoms with Crippen molar-refractivity contribution < 1.29 is 9.53 Å². The lowest BCUT2D eigenvalue weighted by Crippen LogP contribution is -2.45. The Morgan fingerprint density at radius 1 is 1.50 bits per heavy atom. The highest BCUT2D eigenvalue weighted by Crippen LogP contribution is 2.30. The van der Waals surface area contributed by atoms with Gasteiger partial charge in [-0.25, -0.2) is 4.79 Å². The second kappa shape index (κ2) is 5.96. The fourth-order valence-corrected chi connectivity index (χ4v) is 2.54. The number of piperidine rings is 1. The van der Waals surface area contributed by atoms with E-state index in [1.165, 1.54) is 0 Å². The average Bonchev–Trinajstić information content (AvgIpc) is 2.25. The first-order valence-electron chi connectivity index (χ1n) is 6.46. The fraction of sp³-hybridized carbons (Fsp3) is 0.786. The number of likely N-dealkylation sites (tertiary alicyclic amines) is 1. The zero-order valence-electron chi connectivity index (χ0n) is 11.8. The van der Waals surface area contributed by atoms with Crippen LogP contribution in [0.3, 0.4) is 0 Å². The number of rotatable bonds is 2. The molecular weight excluding hydrogens is 250 g/mol. The average molecular weight is 274 g/mol. The molecule has 0 aromatic carbocycles. The SMILES string of the molecule is C=C(CCl)C1CCN(C(=O)OC(C)(C)C)CC1C. The number of nitrogens with zero attached hydrogens (tertiary/aromatic N) is 1. The van der Waals surface area contributed by atoms with Crippen molar-refractivity contribution in [3.63, 3.8) is 0 Å². The molecule has 2 unspecified atom stereocenters. The normalized spacial score (nSPS) is 24.8. The number of amides is 1. The summed E-state index contributed by atoms with van der Waals surface area (Å²) in [5, 5.41) is 0. The molecule has 0 spiro atoms. The molecule has 2 atom stereocenters. The maximum Gasteiger partial charge on any atom is 0.410 e. The molecule has 1 fully saturated rings. The zero-order valence-corrected chi connectivity index (χ0v) is 12.6. The third-order valence-electron chi connectivity index (χ3n) is 3.25. The number of carbonyl (C=O) groups excluding carboxylic acids is 1. The van der Waals surface area contributed by atoms with E-state index in [2.05, 4.69) is 13.5 Å². The molecule has 1 saturated heterocycles.